The van der Waals surface area contributed by atoms with Crippen molar-refractivity contribution in [2.75, 3.05) is 18.7 Å². The van der Waals surface area contributed by atoms with Gasteiger partial charge in [-0.25, -0.2) is 8.42 Å². The molecule has 0 aromatic heterocycles. The lowest BCUT2D eigenvalue weighted by Crippen LogP contribution is -2.35. The molecule has 1 rings (SSSR count). The molecule has 0 spiro atoms. The summed E-state index contributed by atoms with van der Waals surface area (Å²) in [5.74, 6) is 0.410. The Balaban J connectivity index is 2.72. The maximum Gasteiger partial charge on any atom is 0.211 e. The summed E-state index contributed by atoms with van der Waals surface area (Å²) in [5, 5.41) is 0. The summed E-state index contributed by atoms with van der Waals surface area (Å²) in [4.78, 5) is 0. The molecular formula is C6H12ClNO2S. The predicted octanol–water partition coefficient (Wildman–Crippen LogP) is 0.649. The molecule has 0 saturated carbocycles. The zero-order valence-corrected chi connectivity index (χ0v) is 8.03. The lowest BCUT2D eigenvalue weighted by atomic mass is 10.3. The third-order valence-corrected chi connectivity index (χ3v) is 3.62. The van der Waals surface area contributed by atoms with Crippen LogP contribution in [0.1, 0.15) is 12.8 Å². The highest BCUT2D eigenvalue weighted by Crippen LogP contribution is 2.20. The van der Waals surface area contributed by atoms with E-state index in [2.05, 4.69) is 0 Å². The Morgan fingerprint density at radius 2 is 2.27 bits per heavy atom. The minimum atomic E-state index is -3.01. The van der Waals surface area contributed by atoms with Crippen molar-refractivity contribution in [3.63, 3.8) is 0 Å². The van der Waals surface area contributed by atoms with Crippen molar-refractivity contribution >= 4 is 21.6 Å². The Kier molecular flexibility index (Phi) is 2.78. The lowest BCUT2D eigenvalue weighted by molar-refractivity contribution is 0.415. The van der Waals surface area contributed by atoms with E-state index in [1.807, 2.05) is 0 Å². The molecule has 1 fully saturated rings. The number of sulfonamides is 1. The SMILES string of the molecule is CS(=O)(=O)N1CCC[C@@H]1CCl. The van der Waals surface area contributed by atoms with Crippen molar-refractivity contribution in [3.8, 4) is 0 Å². The molecular weight excluding hydrogens is 186 g/mol. The summed E-state index contributed by atoms with van der Waals surface area (Å²) in [6, 6.07) is 0.0340. The van der Waals surface area contributed by atoms with Gasteiger partial charge in [0.25, 0.3) is 0 Å². The Morgan fingerprint density at radius 3 is 2.64 bits per heavy atom. The van der Waals surface area contributed by atoms with Gasteiger partial charge in [0, 0.05) is 18.5 Å². The number of hydrogen-bond acceptors (Lipinski definition) is 2. The van der Waals surface area contributed by atoms with Crippen molar-refractivity contribution in [2.45, 2.75) is 18.9 Å². The van der Waals surface area contributed by atoms with E-state index < -0.39 is 10.0 Å². The second-order valence-corrected chi connectivity index (χ2v) is 5.07. The van der Waals surface area contributed by atoms with E-state index in [1.165, 1.54) is 10.6 Å². The predicted molar refractivity (Wildman–Crippen MR) is 45.3 cm³/mol. The monoisotopic (exact) mass is 197 g/mol. The van der Waals surface area contributed by atoms with Crippen LogP contribution in [0.15, 0.2) is 0 Å². The van der Waals surface area contributed by atoms with E-state index in [0.29, 0.717) is 12.4 Å². The van der Waals surface area contributed by atoms with Crippen LogP contribution in [-0.2, 0) is 10.0 Å². The van der Waals surface area contributed by atoms with Gasteiger partial charge in [-0.3, -0.25) is 0 Å². The van der Waals surface area contributed by atoms with E-state index in [1.54, 1.807) is 0 Å². The van der Waals surface area contributed by atoms with E-state index in [0.717, 1.165) is 12.8 Å². The smallest absolute Gasteiger partial charge is 0.211 e. The highest BCUT2D eigenvalue weighted by molar-refractivity contribution is 7.88. The van der Waals surface area contributed by atoms with Crippen molar-refractivity contribution in [3.05, 3.63) is 0 Å². The van der Waals surface area contributed by atoms with Crippen LogP contribution in [0.3, 0.4) is 0 Å². The maximum atomic E-state index is 11.1. The molecule has 5 heteroatoms. The molecule has 0 aromatic carbocycles. The molecule has 0 radical (unpaired) electrons. The molecule has 0 aliphatic carbocycles. The standard InChI is InChI=1S/C6H12ClNO2S/c1-11(9,10)8-4-2-3-6(8)5-7/h6H,2-5H2,1H3/t6-/m1/s1. The third-order valence-electron chi connectivity index (χ3n) is 1.93. The molecule has 1 saturated heterocycles. The number of alkyl halides is 1. The largest absolute Gasteiger partial charge is 0.212 e. The van der Waals surface area contributed by atoms with Gasteiger partial charge < -0.3 is 0 Å². The van der Waals surface area contributed by atoms with Gasteiger partial charge in [0.05, 0.1) is 6.26 Å². The topological polar surface area (TPSA) is 37.4 Å². The molecule has 0 N–H and O–H groups in total. The Hall–Kier alpha value is 0.200. The van der Waals surface area contributed by atoms with E-state index >= 15 is 0 Å². The molecule has 0 aromatic rings. The molecule has 1 heterocycles. The zero-order chi connectivity index (χ0) is 8.48. The van der Waals surface area contributed by atoms with Gasteiger partial charge in [-0.1, -0.05) is 0 Å². The Bertz CT molecular complexity index is 227. The molecule has 3 nitrogen and oxygen atoms in total. The third kappa shape index (κ3) is 2.07. The first-order valence-electron chi connectivity index (χ1n) is 3.58. The summed E-state index contributed by atoms with van der Waals surface area (Å²) >= 11 is 5.60. The molecule has 0 amide bonds. The highest BCUT2D eigenvalue weighted by Gasteiger charge is 2.30. The molecule has 11 heavy (non-hydrogen) atoms. The zero-order valence-electron chi connectivity index (χ0n) is 6.46. The second kappa shape index (κ2) is 3.29. The molecule has 0 bridgehead atoms. The first-order valence-corrected chi connectivity index (χ1v) is 5.97. The minimum absolute atomic E-state index is 0.0340. The van der Waals surface area contributed by atoms with E-state index in [9.17, 15) is 8.42 Å². The Morgan fingerprint density at radius 1 is 1.64 bits per heavy atom. The quantitative estimate of drug-likeness (QED) is 0.610. The van der Waals surface area contributed by atoms with Crippen LogP contribution in [0.2, 0.25) is 0 Å². The lowest BCUT2D eigenvalue weighted by Gasteiger charge is -2.19. The number of hydrogen-bond donors (Lipinski definition) is 0. The Labute approximate surface area is 72.4 Å². The van der Waals surface area contributed by atoms with Crippen molar-refractivity contribution in [2.24, 2.45) is 0 Å². The second-order valence-electron chi connectivity index (χ2n) is 2.82. The highest BCUT2D eigenvalue weighted by atomic mass is 35.5. The molecule has 1 aliphatic rings. The van der Waals surface area contributed by atoms with Crippen LogP contribution in [-0.4, -0.2) is 37.4 Å². The van der Waals surface area contributed by atoms with Gasteiger partial charge >= 0.3 is 0 Å². The fraction of sp³-hybridized carbons (Fsp3) is 1.00. The summed E-state index contributed by atoms with van der Waals surface area (Å²) < 4.78 is 23.6. The molecule has 0 unspecified atom stereocenters. The normalized spacial score (nSPS) is 27.6. The number of rotatable bonds is 2. The summed E-state index contributed by atoms with van der Waals surface area (Å²) in [5.41, 5.74) is 0. The fourth-order valence-electron chi connectivity index (χ4n) is 1.40. The molecule has 1 aliphatic heterocycles. The molecule has 66 valence electrons. The average molecular weight is 198 g/mol. The minimum Gasteiger partial charge on any atom is -0.212 e. The van der Waals surface area contributed by atoms with Gasteiger partial charge in [0.1, 0.15) is 0 Å². The first-order chi connectivity index (χ1) is 5.05. The van der Waals surface area contributed by atoms with Crippen molar-refractivity contribution in [1.29, 1.82) is 0 Å². The number of halogens is 1. The van der Waals surface area contributed by atoms with Gasteiger partial charge in [-0.15, -0.1) is 11.6 Å². The summed E-state index contributed by atoms with van der Waals surface area (Å²) in [7, 11) is -3.01. The van der Waals surface area contributed by atoms with Crippen LogP contribution in [0.4, 0.5) is 0 Å². The first kappa shape index (κ1) is 9.29. The van der Waals surface area contributed by atoms with Crippen molar-refractivity contribution < 1.29 is 8.42 Å². The summed E-state index contributed by atoms with van der Waals surface area (Å²) in [6.45, 7) is 0.635. The maximum absolute atomic E-state index is 11.1. The summed E-state index contributed by atoms with van der Waals surface area (Å²) in [6.07, 6.45) is 3.07. The van der Waals surface area contributed by atoms with Gasteiger partial charge in [-0.05, 0) is 12.8 Å². The van der Waals surface area contributed by atoms with Crippen LogP contribution < -0.4 is 0 Å². The average Bonchev–Trinajstić information content (AvgIpc) is 2.31. The van der Waals surface area contributed by atoms with Gasteiger partial charge in [-0.2, -0.15) is 4.31 Å². The van der Waals surface area contributed by atoms with Crippen LogP contribution in [0.25, 0.3) is 0 Å². The van der Waals surface area contributed by atoms with E-state index in [4.69, 9.17) is 11.6 Å². The van der Waals surface area contributed by atoms with Crippen LogP contribution >= 0.6 is 11.6 Å². The molecule has 1 atom stereocenters. The van der Waals surface area contributed by atoms with Crippen LogP contribution in [0, 0.1) is 0 Å². The van der Waals surface area contributed by atoms with Gasteiger partial charge in [0.2, 0.25) is 10.0 Å². The van der Waals surface area contributed by atoms with Crippen molar-refractivity contribution in [1.82, 2.24) is 4.31 Å². The number of nitrogens with zero attached hydrogens (tertiary/aromatic N) is 1. The van der Waals surface area contributed by atoms with E-state index in [-0.39, 0.29) is 6.04 Å². The van der Waals surface area contributed by atoms with Crippen LogP contribution in [0.5, 0.6) is 0 Å². The van der Waals surface area contributed by atoms with Gasteiger partial charge in [0.15, 0.2) is 0 Å². The fourth-order valence-corrected chi connectivity index (χ4v) is 2.99.